The third-order valence-corrected chi connectivity index (χ3v) is 3.55. The Balaban J connectivity index is 1.74. The van der Waals surface area contributed by atoms with Crippen molar-refractivity contribution in [1.29, 1.82) is 0 Å². The van der Waals surface area contributed by atoms with Crippen LogP contribution in [0.25, 0.3) is 0 Å². The molecule has 0 amide bonds. The zero-order chi connectivity index (χ0) is 9.97. The van der Waals surface area contributed by atoms with Gasteiger partial charge in [-0.3, -0.25) is 0 Å². The van der Waals surface area contributed by atoms with Crippen molar-refractivity contribution in [3.8, 4) is 0 Å². The Bertz CT molecular complexity index is 214. The zero-order valence-corrected chi connectivity index (χ0v) is 8.95. The van der Waals surface area contributed by atoms with Crippen molar-refractivity contribution in [2.75, 3.05) is 6.61 Å². The van der Waals surface area contributed by atoms with Crippen LogP contribution in [-0.4, -0.2) is 23.8 Å². The van der Waals surface area contributed by atoms with Crippen LogP contribution in [-0.2, 0) is 0 Å². The van der Waals surface area contributed by atoms with Crippen LogP contribution in [0.5, 0.6) is 0 Å². The van der Waals surface area contributed by atoms with E-state index in [1.807, 2.05) is 0 Å². The molecule has 0 aromatic heterocycles. The van der Waals surface area contributed by atoms with Gasteiger partial charge in [0.05, 0.1) is 0 Å². The van der Waals surface area contributed by atoms with E-state index >= 15 is 0 Å². The molecule has 2 aliphatic carbocycles. The lowest BCUT2D eigenvalue weighted by Crippen LogP contribution is -2.35. The molecule has 0 spiro atoms. The minimum Gasteiger partial charge on any atom is -0.396 e. The Morgan fingerprint density at radius 1 is 1.29 bits per heavy atom. The number of hydrogen-bond acceptors (Lipinski definition) is 2. The summed E-state index contributed by atoms with van der Waals surface area (Å²) < 4.78 is 0. The summed E-state index contributed by atoms with van der Waals surface area (Å²) in [6, 6.07) is 1.24. The second-order valence-corrected chi connectivity index (χ2v) is 4.95. The van der Waals surface area contributed by atoms with Crippen molar-refractivity contribution >= 4 is 0 Å². The molecule has 0 aromatic rings. The van der Waals surface area contributed by atoms with Crippen molar-refractivity contribution in [2.24, 2.45) is 11.8 Å². The molecule has 4 atom stereocenters. The Morgan fingerprint density at radius 2 is 2.14 bits per heavy atom. The van der Waals surface area contributed by atoms with Crippen molar-refractivity contribution in [3.63, 3.8) is 0 Å². The quantitative estimate of drug-likeness (QED) is 0.672. The summed E-state index contributed by atoms with van der Waals surface area (Å²) in [6.07, 6.45) is 9.49. The third-order valence-electron chi connectivity index (χ3n) is 3.55. The van der Waals surface area contributed by atoms with E-state index < -0.39 is 0 Å². The van der Waals surface area contributed by atoms with Crippen LogP contribution in [0, 0.1) is 11.8 Å². The predicted octanol–water partition coefficient (Wildman–Crippen LogP) is 1.70. The van der Waals surface area contributed by atoms with E-state index in [1.54, 1.807) is 0 Å². The first-order valence-corrected chi connectivity index (χ1v) is 5.83. The van der Waals surface area contributed by atoms with Gasteiger partial charge in [0, 0.05) is 24.6 Å². The van der Waals surface area contributed by atoms with Gasteiger partial charge in [-0.2, -0.15) is 0 Å². The van der Waals surface area contributed by atoms with Crippen molar-refractivity contribution in [2.45, 2.75) is 44.7 Å². The SMILES string of the molecule is CC1CCC(N[C@@H]2C=C[C@H](CO)C2)C1. The van der Waals surface area contributed by atoms with Gasteiger partial charge in [0.1, 0.15) is 0 Å². The highest BCUT2D eigenvalue weighted by Crippen LogP contribution is 2.26. The van der Waals surface area contributed by atoms with E-state index in [9.17, 15) is 0 Å². The highest BCUT2D eigenvalue weighted by Gasteiger charge is 2.25. The lowest BCUT2D eigenvalue weighted by molar-refractivity contribution is 0.244. The van der Waals surface area contributed by atoms with E-state index in [0.29, 0.717) is 18.6 Å². The van der Waals surface area contributed by atoms with Crippen molar-refractivity contribution in [1.82, 2.24) is 5.32 Å². The van der Waals surface area contributed by atoms with E-state index in [0.717, 1.165) is 18.4 Å². The fraction of sp³-hybridized carbons (Fsp3) is 0.833. The molecule has 0 aliphatic heterocycles. The molecule has 1 fully saturated rings. The molecule has 2 rings (SSSR count). The van der Waals surface area contributed by atoms with Crippen LogP contribution in [0.15, 0.2) is 12.2 Å². The van der Waals surface area contributed by atoms with E-state index in [2.05, 4.69) is 24.4 Å². The van der Waals surface area contributed by atoms with Gasteiger partial charge in [-0.05, 0) is 31.6 Å². The maximum absolute atomic E-state index is 9.01. The molecule has 2 unspecified atom stereocenters. The Labute approximate surface area is 86.4 Å². The predicted molar refractivity (Wildman–Crippen MR) is 58.1 cm³/mol. The zero-order valence-electron chi connectivity index (χ0n) is 8.95. The van der Waals surface area contributed by atoms with Gasteiger partial charge in [-0.1, -0.05) is 19.1 Å². The number of rotatable bonds is 3. The van der Waals surface area contributed by atoms with E-state index in [-0.39, 0.29) is 0 Å². The fourth-order valence-corrected chi connectivity index (χ4v) is 2.69. The van der Waals surface area contributed by atoms with Crippen LogP contribution >= 0.6 is 0 Å². The Kier molecular flexibility index (Phi) is 3.24. The van der Waals surface area contributed by atoms with Crippen LogP contribution in [0.2, 0.25) is 0 Å². The van der Waals surface area contributed by atoms with Gasteiger partial charge in [0.15, 0.2) is 0 Å². The second kappa shape index (κ2) is 4.45. The molecule has 2 heteroatoms. The van der Waals surface area contributed by atoms with Crippen molar-refractivity contribution in [3.05, 3.63) is 12.2 Å². The third kappa shape index (κ3) is 2.37. The molecule has 0 saturated heterocycles. The maximum Gasteiger partial charge on any atom is 0.0494 e. The van der Waals surface area contributed by atoms with Crippen LogP contribution in [0.3, 0.4) is 0 Å². The first kappa shape index (κ1) is 10.2. The van der Waals surface area contributed by atoms with Gasteiger partial charge < -0.3 is 10.4 Å². The van der Waals surface area contributed by atoms with Gasteiger partial charge in [0.2, 0.25) is 0 Å². The molecular weight excluding hydrogens is 174 g/mol. The van der Waals surface area contributed by atoms with Gasteiger partial charge in [0.25, 0.3) is 0 Å². The highest BCUT2D eigenvalue weighted by atomic mass is 16.3. The summed E-state index contributed by atoms with van der Waals surface area (Å²) in [5.41, 5.74) is 0. The lowest BCUT2D eigenvalue weighted by Gasteiger charge is -2.18. The molecule has 0 radical (unpaired) electrons. The molecule has 1 saturated carbocycles. The van der Waals surface area contributed by atoms with Crippen LogP contribution in [0.1, 0.15) is 32.6 Å². The smallest absolute Gasteiger partial charge is 0.0494 e. The van der Waals surface area contributed by atoms with Gasteiger partial charge in [-0.25, -0.2) is 0 Å². The molecule has 80 valence electrons. The average Bonchev–Trinajstić information content (AvgIpc) is 2.76. The molecule has 0 heterocycles. The number of aliphatic hydroxyl groups is 1. The molecule has 2 aliphatic rings. The monoisotopic (exact) mass is 195 g/mol. The number of hydrogen-bond donors (Lipinski definition) is 2. The first-order chi connectivity index (χ1) is 6.78. The summed E-state index contributed by atoms with van der Waals surface area (Å²) in [6.45, 7) is 2.64. The standard InChI is InChI=1S/C12H21NO/c1-9-2-4-11(6-9)13-12-5-3-10(7-12)8-14/h3,5,9-14H,2,4,6-8H2,1H3/t9?,10-,11?,12+/m0/s1. The minimum atomic E-state index is 0.301. The Morgan fingerprint density at radius 3 is 2.71 bits per heavy atom. The highest BCUT2D eigenvalue weighted by molar-refractivity contribution is 5.06. The van der Waals surface area contributed by atoms with Crippen LogP contribution in [0.4, 0.5) is 0 Å². The van der Waals surface area contributed by atoms with E-state index in [1.165, 1.54) is 19.3 Å². The summed E-state index contributed by atoms with van der Waals surface area (Å²) in [7, 11) is 0. The fourth-order valence-electron chi connectivity index (χ4n) is 2.69. The molecule has 2 N–H and O–H groups in total. The summed E-state index contributed by atoms with van der Waals surface area (Å²) >= 11 is 0. The second-order valence-electron chi connectivity index (χ2n) is 4.95. The van der Waals surface area contributed by atoms with Gasteiger partial charge in [-0.15, -0.1) is 0 Å². The normalized spacial score (nSPS) is 42.1. The largest absolute Gasteiger partial charge is 0.396 e. The molecule has 0 aromatic carbocycles. The molecule has 0 bridgehead atoms. The maximum atomic E-state index is 9.01. The van der Waals surface area contributed by atoms with Gasteiger partial charge >= 0.3 is 0 Å². The summed E-state index contributed by atoms with van der Waals surface area (Å²) in [4.78, 5) is 0. The van der Waals surface area contributed by atoms with Crippen LogP contribution < -0.4 is 5.32 Å². The van der Waals surface area contributed by atoms with E-state index in [4.69, 9.17) is 5.11 Å². The average molecular weight is 195 g/mol. The topological polar surface area (TPSA) is 32.3 Å². The summed E-state index contributed by atoms with van der Waals surface area (Å²) in [5.74, 6) is 1.29. The molecular formula is C12H21NO. The van der Waals surface area contributed by atoms with Crippen molar-refractivity contribution < 1.29 is 5.11 Å². The minimum absolute atomic E-state index is 0.301. The number of nitrogens with one attached hydrogen (secondary N) is 1. The lowest BCUT2D eigenvalue weighted by atomic mass is 10.1. The number of aliphatic hydroxyl groups excluding tert-OH is 1. The molecule has 14 heavy (non-hydrogen) atoms. The molecule has 2 nitrogen and oxygen atoms in total. The Hall–Kier alpha value is -0.340. The first-order valence-electron chi connectivity index (χ1n) is 5.83. The summed E-state index contributed by atoms with van der Waals surface area (Å²) in [5, 5.41) is 12.7.